The van der Waals surface area contributed by atoms with Crippen molar-refractivity contribution < 1.29 is 9.59 Å². The molecule has 0 aliphatic carbocycles. The van der Waals surface area contributed by atoms with E-state index in [0.29, 0.717) is 23.0 Å². The van der Waals surface area contributed by atoms with E-state index in [-0.39, 0.29) is 11.8 Å². The summed E-state index contributed by atoms with van der Waals surface area (Å²) < 4.78 is 0. The Morgan fingerprint density at radius 1 is 0.526 bits per heavy atom. The highest BCUT2D eigenvalue weighted by molar-refractivity contribution is 8.76. The number of amides is 2. The van der Waals surface area contributed by atoms with Crippen molar-refractivity contribution in [2.75, 3.05) is 10.6 Å². The Labute approximate surface area is 233 Å². The molecule has 2 N–H and O–H groups in total. The Kier molecular flexibility index (Phi) is 9.32. The molecule has 0 radical (unpaired) electrons. The zero-order valence-electron chi connectivity index (χ0n) is 22.0. The van der Waals surface area contributed by atoms with Crippen molar-refractivity contribution in [2.45, 2.75) is 49.3 Å². The number of benzene rings is 4. The van der Waals surface area contributed by atoms with Crippen LogP contribution in [0.15, 0.2) is 107 Å². The fourth-order valence-corrected chi connectivity index (χ4v) is 6.51. The second-order valence-electron chi connectivity index (χ2n) is 9.55. The fourth-order valence-electron chi connectivity index (χ4n) is 4.15. The van der Waals surface area contributed by atoms with Gasteiger partial charge in [-0.15, -0.1) is 0 Å². The van der Waals surface area contributed by atoms with Gasteiger partial charge in [0.05, 0.1) is 11.1 Å². The van der Waals surface area contributed by atoms with Crippen LogP contribution in [-0.4, -0.2) is 11.8 Å². The zero-order chi connectivity index (χ0) is 27.1. The monoisotopic (exact) mass is 540 g/mol. The van der Waals surface area contributed by atoms with Gasteiger partial charge in [0.25, 0.3) is 11.8 Å². The maximum Gasteiger partial charge on any atom is 0.256 e. The number of hydrogen-bond donors (Lipinski definition) is 2. The van der Waals surface area contributed by atoms with Gasteiger partial charge in [0.1, 0.15) is 0 Å². The normalized spacial score (nSPS) is 11.0. The summed E-state index contributed by atoms with van der Waals surface area (Å²) in [4.78, 5) is 28.2. The van der Waals surface area contributed by atoms with Crippen molar-refractivity contribution in [2.24, 2.45) is 0 Å². The van der Waals surface area contributed by atoms with Crippen LogP contribution in [0, 0.1) is 0 Å². The molecule has 0 fully saturated rings. The molecule has 0 atom stereocenters. The van der Waals surface area contributed by atoms with E-state index in [9.17, 15) is 9.59 Å². The maximum absolute atomic E-state index is 13.3. The molecule has 0 unspecified atom stereocenters. The number of rotatable bonds is 9. The van der Waals surface area contributed by atoms with Gasteiger partial charge in [0.2, 0.25) is 0 Å². The van der Waals surface area contributed by atoms with Crippen molar-refractivity contribution >= 4 is 44.8 Å². The lowest BCUT2D eigenvalue weighted by atomic mass is 10.0. The van der Waals surface area contributed by atoms with Crippen LogP contribution in [-0.2, 0) is 0 Å². The molecule has 38 heavy (non-hydrogen) atoms. The molecule has 6 heteroatoms. The number of anilines is 2. The van der Waals surface area contributed by atoms with Crippen LogP contribution in [0.25, 0.3) is 0 Å². The van der Waals surface area contributed by atoms with E-state index >= 15 is 0 Å². The zero-order valence-corrected chi connectivity index (χ0v) is 23.7. The van der Waals surface area contributed by atoms with Crippen molar-refractivity contribution in [1.29, 1.82) is 0 Å². The Morgan fingerprint density at radius 2 is 0.868 bits per heavy atom. The molecular weight excluding hydrogens is 508 g/mol. The largest absolute Gasteiger partial charge is 0.322 e. The fraction of sp³-hybridized carbons (Fsp3) is 0.188. The first-order chi connectivity index (χ1) is 18.3. The Morgan fingerprint density at radius 3 is 1.26 bits per heavy atom. The van der Waals surface area contributed by atoms with Gasteiger partial charge in [0, 0.05) is 21.2 Å². The quantitative estimate of drug-likeness (QED) is 0.208. The summed E-state index contributed by atoms with van der Waals surface area (Å²) in [5, 5.41) is 6.18. The molecule has 0 aliphatic heterocycles. The summed E-state index contributed by atoms with van der Waals surface area (Å²) >= 11 is 0. The molecule has 4 nitrogen and oxygen atoms in total. The van der Waals surface area contributed by atoms with Crippen LogP contribution in [0.4, 0.5) is 11.4 Å². The number of hydrogen-bond acceptors (Lipinski definition) is 4. The maximum atomic E-state index is 13.3. The number of carbonyl (C=O) groups excluding carboxylic acids is 2. The summed E-state index contributed by atoms with van der Waals surface area (Å²) in [6.07, 6.45) is 0. The standard InChI is InChI=1S/C32H32N2O2S2/c1-21(2)23-13-5-9-17-27(23)33-31(35)25-15-7-11-19-29(25)37-38-30-20-12-8-16-26(30)32(36)34-28-18-10-6-14-24(28)22(3)4/h5-22H,1-4H3,(H,33,35)(H,34,36). The molecule has 194 valence electrons. The predicted molar refractivity (Wildman–Crippen MR) is 162 cm³/mol. The van der Waals surface area contributed by atoms with Crippen LogP contribution in [0.2, 0.25) is 0 Å². The first kappa shape index (κ1) is 27.6. The van der Waals surface area contributed by atoms with Crippen LogP contribution in [0.3, 0.4) is 0 Å². The Bertz CT molecular complexity index is 1320. The molecular formula is C32H32N2O2S2. The van der Waals surface area contributed by atoms with E-state index in [2.05, 4.69) is 38.3 Å². The van der Waals surface area contributed by atoms with Gasteiger partial charge < -0.3 is 10.6 Å². The van der Waals surface area contributed by atoms with Gasteiger partial charge in [-0.05, 0) is 59.4 Å². The third-order valence-corrected chi connectivity index (χ3v) is 8.63. The van der Waals surface area contributed by atoms with Crippen LogP contribution in [0.1, 0.15) is 71.4 Å². The highest BCUT2D eigenvalue weighted by Crippen LogP contribution is 2.41. The highest BCUT2D eigenvalue weighted by atomic mass is 33.1. The van der Waals surface area contributed by atoms with Gasteiger partial charge in [-0.1, -0.05) is 110 Å². The lowest BCUT2D eigenvalue weighted by Crippen LogP contribution is -2.15. The topological polar surface area (TPSA) is 58.2 Å². The van der Waals surface area contributed by atoms with Gasteiger partial charge in [-0.25, -0.2) is 0 Å². The summed E-state index contributed by atoms with van der Waals surface area (Å²) in [5.41, 5.74) is 5.03. The minimum Gasteiger partial charge on any atom is -0.322 e. The SMILES string of the molecule is CC(C)c1ccccc1NC(=O)c1ccccc1SSc1ccccc1C(=O)Nc1ccccc1C(C)C. The molecule has 0 saturated carbocycles. The molecule has 0 saturated heterocycles. The molecule has 0 aromatic heterocycles. The highest BCUT2D eigenvalue weighted by Gasteiger charge is 2.18. The smallest absolute Gasteiger partial charge is 0.256 e. The minimum absolute atomic E-state index is 0.155. The second kappa shape index (κ2) is 12.9. The van der Waals surface area contributed by atoms with Crippen LogP contribution < -0.4 is 10.6 Å². The first-order valence-electron chi connectivity index (χ1n) is 12.7. The molecule has 4 aromatic rings. The third kappa shape index (κ3) is 6.69. The predicted octanol–water partition coefficient (Wildman–Crippen LogP) is 9.24. The van der Waals surface area contributed by atoms with Crippen molar-refractivity contribution in [3.05, 3.63) is 119 Å². The molecule has 4 aromatic carbocycles. The van der Waals surface area contributed by atoms with Gasteiger partial charge in [-0.3, -0.25) is 9.59 Å². The molecule has 0 bridgehead atoms. The molecule has 0 aliphatic rings. The Hall–Kier alpha value is -3.48. The van der Waals surface area contributed by atoms with E-state index in [1.54, 1.807) is 0 Å². The summed E-state index contributed by atoms with van der Waals surface area (Å²) in [6, 6.07) is 30.9. The summed E-state index contributed by atoms with van der Waals surface area (Å²) in [6.45, 7) is 8.45. The average molecular weight is 541 g/mol. The van der Waals surface area contributed by atoms with Crippen molar-refractivity contribution in [1.82, 2.24) is 0 Å². The number of carbonyl (C=O) groups is 2. The summed E-state index contributed by atoms with van der Waals surface area (Å²) in [7, 11) is 2.94. The van der Waals surface area contributed by atoms with E-state index in [0.717, 1.165) is 32.3 Å². The minimum atomic E-state index is -0.155. The Balaban J connectivity index is 1.52. The van der Waals surface area contributed by atoms with E-state index < -0.39 is 0 Å². The van der Waals surface area contributed by atoms with Crippen LogP contribution in [0.5, 0.6) is 0 Å². The lowest BCUT2D eigenvalue weighted by molar-refractivity contribution is 0.101. The van der Waals surface area contributed by atoms with E-state index in [1.807, 2.05) is 97.1 Å². The van der Waals surface area contributed by atoms with E-state index in [4.69, 9.17) is 0 Å². The van der Waals surface area contributed by atoms with Crippen molar-refractivity contribution in [3.8, 4) is 0 Å². The second-order valence-corrected chi connectivity index (χ2v) is 11.8. The molecule has 0 heterocycles. The third-order valence-electron chi connectivity index (χ3n) is 6.15. The van der Waals surface area contributed by atoms with Gasteiger partial charge in [-0.2, -0.15) is 0 Å². The van der Waals surface area contributed by atoms with Crippen LogP contribution >= 0.6 is 21.6 Å². The van der Waals surface area contributed by atoms with E-state index in [1.165, 1.54) is 21.6 Å². The first-order valence-corrected chi connectivity index (χ1v) is 14.8. The van der Waals surface area contributed by atoms with Gasteiger partial charge >= 0.3 is 0 Å². The summed E-state index contributed by atoms with van der Waals surface area (Å²) in [5.74, 6) is 0.278. The molecule has 2 amide bonds. The lowest BCUT2D eigenvalue weighted by Gasteiger charge is -2.16. The number of nitrogens with one attached hydrogen (secondary N) is 2. The van der Waals surface area contributed by atoms with Crippen molar-refractivity contribution in [3.63, 3.8) is 0 Å². The van der Waals surface area contributed by atoms with Gasteiger partial charge in [0.15, 0.2) is 0 Å². The molecule has 0 spiro atoms. The number of para-hydroxylation sites is 2. The molecule has 4 rings (SSSR count). The average Bonchev–Trinajstić information content (AvgIpc) is 2.92.